The lowest BCUT2D eigenvalue weighted by Gasteiger charge is -2.21. The highest BCUT2D eigenvalue weighted by Crippen LogP contribution is 2.40. The average molecular weight is 296 g/mol. The van der Waals surface area contributed by atoms with Gasteiger partial charge in [0.25, 0.3) is 5.91 Å². The number of halogens is 1. The largest absolute Gasteiger partial charge is 0.507 e. The van der Waals surface area contributed by atoms with Crippen molar-refractivity contribution < 1.29 is 14.6 Å². The van der Waals surface area contributed by atoms with Gasteiger partial charge in [-0.1, -0.05) is 24.4 Å². The normalized spacial score (nSPS) is 24.1. The number of ether oxygens (including phenoxy) is 1. The first-order chi connectivity index (χ1) is 9.58. The molecule has 3 rings (SSSR count). The van der Waals surface area contributed by atoms with Crippen LogP contribution < -0.4 is 5.32 Å². The summed E-state index contributed by atoms with van der Waals surface area (Å²) >= 11 is 5.76. The van der Waals surface area contributed by atoms with Crippen LogP contribution in [0.4, 0.5) is 0 Å². The van der Waals surface area contributed by atoms with Gasteiger partial charge in [0.1, 0.15) is 5.75 Å². The SMILES string of the molecule is O=C(N[C@H]1COC2(CCCC2)C1)c1ccc(Cl)cc1O. The Morgan fingerprint density at radius 2 is 2.15 bits per heavy atom. The van der Waals surface area contributed by atoms with E-state index in [-0.39, 0.29) is 28.9 Å². The second-order valence-corrected chi connectivity index (χ2v) is 6.17. The summed E-state index contributed by atoms with van der Waals surface area (Å²) in [6.45, 7) is 0.556. The van der Waals surface area contributed by atoms with E-state index in [1.165, 1.54) is 25.0 Å². The fourth-order valence-corrected chi connectivity index (χ4v) is 3.43. The van der Waals surface area contributed by atoms with Gasteiger partial charge < -0.3 is 15.2 Å². The number of benzene rings is 1. The number of phenols is 1. The first kappa shape index (κ1) is 13.7. The van der Waals surface area contributed by atoms with Gasteiger partial charge in [-0.05, 0) is 37.5 Å². The molecule has 0 radical (unpaired) electrons. The number of hydrogen-bond donors (Lipinski definition) is 2. The quantitative estimate of drug-likeness (QED) is 0.882. The van der Waals surface area contributed by atoms with Gasteiger partial charge >= 0.3 is 0 Å². The van der Waals surface area contributed by atoms with Crippen molar-refractivity contribution in [2.75, 3.05) is 6.61 Å². The Labute approximate surface area is 123 Å². The molecule has 5 heteroatoms. The molecule has 1 heterocycles. The summed E-state index contributed by atoms with van der Waals surface area (Å²) < 4.78 is 5.90. The lowest BCUT2D eigenvalue weighted by atomic mass is 9.96. The zero-order valence-corrected chi connectivity index (χ0v) is 11.9. The van der Waals surface area contributed by atoms with Crippen molar-refractivity contribution in [3.05, 3.63) is 28.8 Å². The van der Waals surface area contributed by atoms with E-state index >= 15 is 0 Å². The van der Waals surface area contributed by atoms with Gasteiger partial charge in [-0.25, -0.2) is 0 Å². The Morgan fingerprint density at radius 1 is 1.40 bits per heavy atom. The van der Waals surface area contributed by atoms with Crippen LogP contribution in [0.3, 0.4) is 0 Å². The van der Waals surface area contributed by atoms with Crippen LogP contribution in [0.15, 0.2) is 18.2 Å². The minimum atomic E-state index is -0.275. The molecular weight excluding hydrogens is 278 g/mol. The Kier molecular flexibility index (Phi) is 3.61. The zero-order chi connectivity index (χ0) is 14.2. The van der Waals surface area contributed by atoms with E-state index in [0.717, 1.165) is 19.3 Å². The number of nitrogens with one attached hydrogen (secondary N) is 1. The number of carbonyl (C=O) groups excluding carboxylic acids is 1. The van der Waals surface area contributed by atoms with Crippen LogP contribution in [0, 0.1) is 0 Å². The molecule has 0 unspecified atom stereocenters. The summed E-state index contributed by atoms with van der Waals surface area (Å²) in [5, 5.41) is 13.1. The van der Waals surface area contributed by atoms with Gasteiger partial charge in [-0.3, -0.25) is 4.79 Å². The van der Waals surface area contributed by atoms with Crippen LogP contribution >= 0.6 is 11.6 Å². The monoisotopic (exact) mass is 295 g/mol. The van der Waals surface area contributed by atoms with Crippen molar-refractivity contribution in [2.24, 2.45) is 0 Å². The predicted octanol–water partition coefficient (Wildman–Crippen LogP) is 2.88. The second kappa shape index (κ2) is 5.26. The van der Waals surface area contributed by atoms with E-state index in [0.29, 0.717) is 11.6 Å². The van der Waals surface area contributed by atoms with Crippen LogP contribution in [0.2, 0.25) is 5.02 Å². The Hall–Kier alpha value is -1.26. The first-order valence-electron chi connectivity index (χ1n) is 7.01. The third kappa shape index (κ3) is 2.63. The molecular formula is C15H18ClNO3. The predicted molar refractivity (Wildman–Crippen MR) is 76.1 cm³/mol. The molecule has 1 atom stereocenters. The Bertz CT molecular complexity index is 526. The molecule has 4 nitrogen and oxygen atoms in total. The zero-order valence-electron chi connectivity index (χ0n) is 11.2. The highest BCUT2D eigenvalue weighted by molar-refractivity contribution is 6.30. The summed E-state index contributed by atoms with van der Waals surface area (Å²) in [6.07, 6.45) is 5.46. The number of hydrogen-bond acceptors (Lipinski definition) is 3. The first-order valence-corrected chi connectivity index (χ1v) is 7.39. The molecule has 20 heavy (non-hydrogen) atoms. The van der Waals surface area contributed by atoms with Crippen LogP contribution in [0.1, 0.15) is 42.5 Å². The number of amides is 1. The number of rotatable bonds is 2. The smallest absolute Gasteiger partial charge is 0.255 e. The van der Waals surface area contributed by atoms with E-state index in [9.17, 15) is 9.90 Å². The van der Waals surface area contributed by atoms with Gasteiger partial charge in [0.15, 0.2) is 0 Å². The highest BCUT2D eigenvalue weighted by Gasteiger charge is 2.42. The maximum atomic E-state index is 12.2. The molecule has 1 spiro atoms. The van der Waals surface area contributed by atoms with Crippen molar-refractivity contribution in [3.63, 3.8) is 0 Å². The molecule has 1 saturated carbocycles. The highest BCUT2D eigenvalue weighted by atomic mass is 35.5. The van der Waals surface area contributed by atoms with Crippen LogP contribution in [0.25, 0.3) is 0 Å². The van der Waals surface area contributed by atoms with Crippen molar-refractivity contribution in [2.45, 2.75) is 43.7 Å². The van der Waals surface area contributed by atoms with Gasteiger partial charge in [0.2, 0.25) is 0 Å². The second-order valence-electron chi connectivity index (χ2n) is 5.74. The lowest BCUT2D eigenvalue weighted by molar-refractivity contribution is 0.00987. The summed E-state index contributed by atoms with van der Waals surface area (Å²) in [7, 11) is 0. The van der Waals surface area contributed by atoms with Crippen LogP contribution in [-0.4, -0.2) is 29.3 Å². The van der Waals surface area contributed by atoms with Crippen LogP contribution in [-0.2, 0) is 4.74 Å². The van der Waals surface area contributed by atoms with Crippen molar-refractivity contribution >= 4 is 17.5 Å². The number of carbonyl (C=O) groups is 1. The fraction of sp³-hybridized carbons (Fsp3) is 0.533. The van der Waals surface area contributed by atoms with Crippen molar-refractivity contribution in [1.29, 1.82) is 0 Å². The standard InChI is InChI=1S/C15H18ClNO3/c16-10-3-4-12(13(18)7-10)14(19)17-11-8-15(20-9-11)5-1-2-6-15/h3-4,7,11,18H,1-2,5-6,8-9H2,(H,17,19)/t11-/m1/s1. The summed E-state index contributed by atoms with van der Waals surface area (Å²) in [5.41, 5.74) is 0.238. The minimum Gasteiger partial charge on any atom is -0.507 e. The van der Waals surface area contributed by atoms with Crippen molar-refractivity contribution in [1.82, 2.24) is 5.32 Å². The fourth-order valence-electron chi connectivity index (χ4n) is 3.26. The van der Waals surface area contributed by atoms with E-state index in [4.69, 9.17) is 16.3 Å². The summed E-state index contributed by atoms with van der Waals surface area (Å²) in [4.78, 5) is 12.2. The Balaban J connectivity index is 1.65. The molecule has 1 aromatic carbocycles. The maximum absolute atomic E-state index is 12.2. The van der Waals surface area contributed by atoms with Gasteiger partial charge in [0.05, 0.1) is 23.8 Å². The van der Waals surface area contributed by atoms with E-state index in [2.05, 4.69) is 5.32 Å². The van der Waals surface area contributed by atoms with Gasteiger partial charge in [-0.2, -0.15) is 0 Å². The molecule has 1 aromatic rings. The third-order valence-corrected chi connectivity index (χ3v) is 4.50. The van der Waals surface area contributed by atoms with E-state index in [1.807, 2.05) is 0 Å². The summed E-state index contributed by atoms with van der Waals surface area (Å²) in [6, 6.07) is 4.53. The maximum Gasteiger partial charge on any atom is 0.255 e. The molecule has 1 aliphatic heterocycles. The van der Waals surface area contributed by atoms with E-state index < -0.39 is 0 Å². The Morgan fingerprint density at radius 3 is 2.85 bits per heavy atom. The van der Waals surface area contributed by atoms with Crippen LogP contribution in [0.5, 0.6) is 5.75 Å². The molecule has 1 amide bonds. The molecule has 0 aromatic heterocycles. The third-order valence-electron chi connectivity index (χ3n) is 4.26. The summed E-state index contributed by atoms with van der Waals surface area (Å²) in [5.74, 6) is -0.368. The van der Waals surface area contributed by atoms with E-state index in [1.54, 1.807) is 6.07 Å². The van der Waals surface area contributed by atoms with Gasteiger partial charge in [0, 0.05) is 5.02 Å². The topological polar surface area (TPSA) is 58.6 Å². The molecule has 0 bridgehead atoms. The molecule has 2 N–H and O–H groups in total. The number of aromatic hydroxyl groups is 1. The average Bonchev–Trinajstić information content (AvgIpc) is 3.00. The lowest BCUT2D eigenvalue weighted by Crippen LogP contribution is -2.36. The minimum absolute atomic E-state index is 0.0139. The molecule has 2 aliphatic rings. The van der Waals surface area contributed by atoms with Crippen molar-refractivity contribution in [3.8, 4) is 5.75 Å². The molecule has 2 fully saturated rings. The molecule has 1 saturated heterocycles. The molecule has 1 aliphatic carbocycles. The number of phenolic OH excluding ortho intramolecular Hbond substituents is 1. The molecule has 108 valence electrons. The van der Waals surface area contributed by atoms with Gasteiger partial charge in [-0.15, -0.1) is 0 Å².